The third-order valence-corrected chi connectivity index (χ3v) is 5.65. The number of aliphatic imine (C=N–C) groups is 1. The minimum atomic E-state index is 0. The molecule has 1 spiro atoms. The highest BCUT2D eigenvalue weighted by atomic mass is 127. The average Bonchev–Trinajstić information content (AvgIpc) is 2.96. The predicted molar refractivity (Wildman–Crippen MR) is 107 cm³/mol. The van der Waals surface area contributed by atoms with Gasteiger partial charge in [-0.25, -0.2) is 0 Å². The van der Waals surface area contributed by atoms with E-state index in [-0.39, 0.29) is 24.0 Å². The SMILES string of the molecule is CN=C(NCCC1=CCOCC1)N1CCC2(CCCCC2)C1.I. The zero-order valence-corrected chi connectivity index (χ0v) is 16.8. The molecule has 1 N–H and O–H groups in total. The van der Waals surface area contributed by atoms with E-state index in [9.17, 15) is 0 Å². The van der Waals surface area contributed by atoms with Crippen LogP contribution < -0.4 is 5.32 Å². The van der Waals surface area contributed by atoms with Crippen molar-refractivity contribution in [2.24, 2.45) is 10.4 Å². The highest BCUT2D eigenvalue weighted by Crippen LogP contribution is 2.43. The molecule has 5 heteroatoms. The summed E-state index contributed by atoms with van der Waals surface area (Å²) < 4.78 is 5.36. The van der Waals surface area contributed by atoms with E-state index in [1.54, 1.807) is 0 Å². The normalized spacial score (nSPS) is 24.3. The van der Waals surface area contributed by atoms with Gasteiger partial charge in [-0.15, -0.1) is 24.0 Å². The van der Waals surface area contributed by atoms with E-state index in [1.165, 1.54) is 57.2 Å². The van der Waals surface area contributed by atoms with Crippen LogP contribution in [0.1, 0.15) is 51.4 Å². The van der Waals surface area contributed by atoms with Crippen LogP contribution in [0.15, 0.2) is 16.6 Å². The summed E-state index contributed by atoms with van der Waals surface area (Å²) in [6.45, 7) is 5.05. The molecule has 2 fully saturated rings. The van der Waals surface area contributed by atoms with Crippen LogP contribution in [0.25, 0.3) is 0 Å². The van der Waals surface area contributed by atoms with Gasteiger partial charge in [0.1, 0.15) is 0 Å². The fourth-order valence-electron chi connectivity index (χ4n) is 4.29. The van der Waals surface area contributed by atoms with Gasteiger partial charge in [-0.3, -0.25) is 4.99 Å². The largest absolute Gasteiger partial charge is 0.377 e. The Kier molecular flexibility index (Phi) is 7.66. The second-order valence-electron chi connectivity index (χ2n) is 7.14. The van der Waals surface area contributed by atoms with Crippen LogP contribution in [-0.4, -0.2) is 50.8 Å². The maximum atomic E-state index is 5.36. The van der Waals surface area contributed by atoms with Crippen LogP contribution in [0.4, 0.5) is 0 Å². The van der Waals surface area contributed by atoms with Crippen molar-refractivity contribution >= 4 is 29.9 Å². The van der Waals surface area contributed by atoms with Gasteiger partial charge in [0.25, 0.3) is 0 Å². The van der Waals surface area contributed by atoms with Crippen molar-refractivity contribution in [2.75, 3.05) is 39.9 Å². The first-order valence-electron chi connectivity index (χ1n) is 9.03. The molecule has 132 valence electrons. The summed E-state index contributed by atoms with van der Waals surface area (Å²) in [5.74, 6) is 1.11. The molecule has 1 saturated carbocycles. The molecular weight excluding hydrogens is 401 g/mol. The number of hydrogen-bond acceptors (Lipinski definition) is 2. The zero-order valence-electron chi connectivity index (χ0n) is 14.5. The molecule has 3 aliphatic rings. The summed E-state index contributed by atoms with van der Waals surface area (Å²) in [6, 6.07) is 0. The lowest BCUT2D eigenvalue weighted by Gasteiger charge is -2.33. The van der Waals surface area contributed by atoms with Crippen molar-refractivity contribution in [1.82, 2.24) is 10.2 Å². The van der Waals surface area contributed by atoms with Crippen LogP contribution in [0.2, 0.25) is 0 Å². The van der Waals surface area contributed by atoms with E-state index in [2.05, 4.69) is 21.3 Å². The van der Waals surface area contributed by atoms with Gasteiger partial charge in [0.15, 0.2) is 5.96 Å². The maximum Gasteiger partial charge on any atom is 0.193 e. The molecule has 1 aliphatic carbocycles. The number of guanidine groups is 1. The third-order valence-electron chi connectivity index (χ3n) is 5.65. The van der Waals surface area contributed by atoms with Crippen LogP contribution >= 0.6 is 24.0 Å². The number of rotatable bonds is 3. The third kappa shape index (κ3) is 5.08. The van der Waals surface area contributed by atoms with E-state index in [1.807, 2.05) is 7.05 Å². The van der Waals surface area contributed by atoms with Crippen LogP contribution in [-0.2, 0) is 4.74 Å². The second-order valence-corrected chi connectivity index (χ2v) is 7.14. The Hall–Kier alpha value is -0.300. The van der Waals surface area contributed by atoms with Gasteiger partial charge in [0.2, 0.25) is 0 Å². The van der Waals surface area contributed by atoms with Crippen molar-refractivity contribution in [3.8, 4) is 0 Å². The first kappa shape index (κ1) is 19.0. The smallest absolute Gasteiger partial charge is 0.193 e. The van der Waals surface area contributed by atoms with Gasteiger partial charge in [0, 0.05) is 26.7 Å². The Morgan fingerprint density at radius 3 is 2.83 bits per heavy atom. The molecule has 23 heavy (non-hydrogen) atoms. The van der Waals surface area contributed by atoms with Gasteiger partial charge < -0.3 is 15.0 Å². The molecule has 0 atom stereocenters. The highest BCUT2D eigenvalue weighted by molar-refractivity contribution is 14.0. The molecule has 3 rings (SSSR count). The van der Waals surface area contributed by atoms with E-state index in [4.69, 9.17) is 4.74 Å². The van der Waals surface area contributed by atoms with Gasteiger partial charge in [-0.2, -0.15) is 0 Å². The summed E-state index contributed by atoms with van der Waals surface area (Å²) >= 11 is 0. The number of halogens is 1. The molecular formula is C18H32IN3O. The molecule has 0 aromatic carbocycles. The second kappa shape index (κ2) is 9.25. The number of hydrogen-bond donors (Lipinski definition) is 1. The Bertz CT molecular complexity index is 430. The monoisotopic (exact) mass is 433 g/mol. The Morgan fingerprint density at radius 1 is 1.30 bits per heavy atom. The molecule has 4 nitrogen and oxygen atoms in total. The van der Waals surface area contributed by atoms with Crippen LogP contribution in [0.5, 0.6) is 0 Å². The molecule has 2 aliphatic heterocycles. The van der Waals surface area contributed by atoms with E-state index in [0.29, 0.717) is 5.41 Å². The molecule has 0 amide bonds. The average molecular weight is 433 g/mol. The lowest BCUT2D eigenvalue weighted by molar-refractivity contribution is 0.153. The fraction of sp³-hybridized carbons (Fsp3) is 0.833. The van der Waals surface area contributed by atoms with Crippen molar-refractivity contribution in [3.63, 3.8) is 0 Å². The van der Waals surface area contributed by atoms with Gasteiger partial charge in [-0.1, -0.05) is 30.9 Å². The molecule has 0 aromatic heterocycles. The molecule has 0 unspecified atom stereocenters. The number of likely N-dealkylation sites (tertiary alicyclic amines) is 1. The minimum Gasteiger partial charge on any atom is -0.377 e. The number of nitrogens with one attached hydrogen (secondary N) is 1. The zero-order chi connectivity index (χ0) is 15.3. The van der Waals surface area contributed by atoms with Crippen LogP contribution in [0.3, 0.4) is 0 Å². The Morgan fingerprint density at radius 2 is 2.13 bits per heavy atom. The van der Waals surface area contributed by atoms with Gasteiger partial charge in [0.05, 0.1) is 13.2 Å². The molecule has 0 radical (unpaired) electrons. The Labute approximate surface area is 158 Å². The standard InChI is InChI=1S/C18H31N3O.HI/c1-19-17(20-11-5-16-6-13-22-14-7-16)21-12-10-18(15-21)8-3-2-4-9-18;/h6H,2-5,7-15H2,1H3,(H,19,20);1H. The summed E-state index contributed by atoms with van der Waals surface area (Å²) in [4.78, 5) is 7.01. The highest BCUT2D eigenvalue weighted by Gasteiger charge is 2.39. The first-order valence-corrected chi connectivity index (χ1v) is 9.03. The van der Waals surface area contributed by atoms with Crippen LogP contribution in [0, 0.1) is 5.41 Å². The first-order chi connectivity index (χ1) is 10.8. The summed E-state index contributed by atoms with van der Waals surface area (Å²) in [5, 5.41) is 3.57. The van der Waals surface area contributed by atoms with Crippen molar-refractivity contribution in [3.05, 3.63) is 11.6 Å². The summed E-state index contributed by atoms with van der Waals surface area (Å²) in [5.41, 5.74) is 2.12. The van der Waals surface area contributed by atoms with Crippen molar-refractivity contribution in [2.45, 2.75) is 51.4 Å². The van der Waals surface area contributed by atoms with Gasteiger partial charge in [-0.05, 0) is 37.5 Å². The predicted octanol–water partition coefficient (Wildman–Crippen LogP) is 3.57. The van der Waals surface area contributed by atoms with Gasteiger partial charge >= 0.3 is 0 Å². The number of ether oxygens (including phenoxy) is 1. The minimum absolute atomic E-state index is 0. The lowest BCUT2D eigenvalue weighted by Crippen LogP contribution is -2.42. The Balaban J connectivity index is 0.00000192. The van der Waals surface area contributed by atoms with Crippen molar-refractivity contribution < 1.29 is 4.74 Å². The van der Waals surface area contributed by atoms with E-state index in [0.717, 1.165) is 38.6 Å². The quantitative estimate of drug-likeness (QED) is 0.320. The molecule has 0 aromatic rings. The lowest BCUT2D eigenvalue weighted by atomic mass is 9.73. The fourth-order valence-corrected chi connectivity index (χ4v) is 4.29. The number of nitrogens with zero attached hydrogens (tertiary/aromatic N) is 2. The summed E-state index contributed by atoms with van der Waals surface area (Å²) in [7, 11) is 1.92. The summed E-state index contributed by atoms with van der Waals surface area (Å²) in [6.07, 6.45) is 12.9. The maximum absolute atomic E-state index is 5.36. The molecule has 1 saturated heterocycles. The van der Waals surface area contributed by atoms with E-state index < -0.39 is 0 Å². The van der Waals surface area contributed by atoms with E-state index >= 15 is 0 Å². The van der Waals surface area contributed by atoms with Crippen molar-refractivity contribution in [1.29, 1.82) is 0 Å². The topological polar surface area (TPSA) is 36.9 Å². The molecule has 2 heterocycles. The molecule has 0 bridgehead atoms.